The Morgan fingerprint density at radius 3 is 1.07 bits per heavy atom. The van der Waals surface area contributed by atoms with Crippen molar-refractivity contribution >= 4 is 46.1 Å². The molecule has 4 aromatic rings. The van der Waals surface area contributed by atoms with Gasteiger partial charge in [0, 0.05) is 33.9 Å². The second-order valence-electron chi connectivity index (χ2n) is 6.43. The van der Waals surface area contributed by atoms with Crippen LogP contribution in [0.5, 0.6) is 0 Å². The molecular weight excluding hydrogens is 408 g/mol. The van der Waals surface area contributed by atoms with Gasteiger partial charge in [0.25, 0.3) is 0 Å². The van der Waals surface area contributed by atoms with Crippen LogP contribution in [-0.4, -0.2) is 0 Å². The summed E-state index contributed by atoms with van der Waals surface area (Å²) in [6.07, 6.45) is 0. The fourth-order valence-corrected chi connectivity index (χ4v) is 2.92. The molecule has 0 saturated carbocycles. The van der Waals surface area contributed by atoms with Crippen LogP contribution in [0.1, 0.15) is 0 Å². The summed E-state index contributed by atoms with van der Waals surface area (Å²) in [5.41, 5.74) is 30.1. The molecule has 8 N–H and O–H groups in total. The number of hydrogen-bond acceptors (Lipinski definition) is 6. The molecule has 0 atom stereocenters. The van der Waals surface area contributed by atoms with E-state index in [-0.39, 0.29) is 0 Å². The van der Waals surface area contributed by atoms with Gasteiger partial charge in [-0.1, -0.05) is 72.8 Å². The second-order valence-corrected chi connectivity index (χ2v) is 6.43. The molecule has 0 aromatic heterocycles. The van der Waals surface area contributed by atoms with Crippen LogP contribution in [0.25, 0.3) is 22.3 Å². The second kappa shape index (κ2) is 11.7. The van der Waals surface area contributed by atoms with Crippen LogP contribution in [0, 0.1) is 0 Å². The standard InChI is InChI=1S/2C12H12N2.H2S2/c2*13-10-6-7-11(12(14)8-10)9-4-2-1-3-5-9;1-2/h2*1-8H,13-14H2;1-2H. The summed E-state index contributed by atoms with van der Waals surface area (Å²) in [6, 6.07) is 31.2. The molecule has 154 valence electrons. The number of nitrogen functional groups attached to an aromatic ring is 4. The van der Waals surface area contributed by atoms with E-state index >= 15 is 0 Å². The molecule has 0 aliphatic heterocycles. The Kier molecular flexibility index (Phi) is 9.00. The molecule has 0 saturated heterocycles. The third kappa shape index (κ3) is 6.40. The number of nitrogens with two attached hydrogens (primary N) is 4. The highest BCUT2D eigenvalue weighted by Gasteiger charge is 2.02. The first-order valence-corrected chi connectivity index (χ1v) is 10.8. The highest BCUT2D eigenvalue weighted by atomic mass is 33.1. The number of benzene rings is 4. The fraction of sp³-hybridized carbons (Fsp3) is 0. The molecule has 0 heterocycles. The van der Waals surface area contributed by atoms with Gasteiger partial charge in [0.05, 0.1) is 0 Å². The van der Waals surface area contributed by atoms with Crippen LogP contribution in [0.15, 0.2) is 97.1 Å². The average molecular weight is 435 g/mol. The van der Waals surface area contributed by atoms with Crippen molar-refractivity contribution in [2.45, 2.75) is 0 Å². The van der Waals surface area contributed by atoms with Gasteiger partial charge in [0.1, 0.15) is 0 Å². The lowest BCUT2D eigenvalue weighted by atomic mass is 10.0. The molecule has 4 aromatic carbocycles. The molecule has 4 nitrogen and oxygen atoms in total. The first kappa shape index (κ1) is 23.1. The first-order valence-electron chi connectivity index (χ1n) is 9.15. The highest BCUT2D eigenvalue weighted by Crippen LogP contribution is 2.27. The van der Waals surface area contributed by atoms with E-state index in [1.54, 1.807) is 12.1 Å². The maximum atomic E-state index is 5.87. The maximum absolute atomic E-state index is 5.87. The fourth-order valence-electron chi connectivity index (χ4n) is 2.92. The van der Waals surface area contributed by atoms with E-state index in [0.29, 0.717) is 11.4 Å². The molecule has 0 radical (unpaired) electrons. The van der Waals surface area contributed by atoms with Crippen LogP contribution >= 0.6 is 23.3 Å². The molecular formula is C24H26N4S2. The van der Waals surface area contributed by atoms with Crippen molar-refractivity contribution in [1.82, 2.24) is 0 Å². The minimum absolute atomic E-state index is 0.696. The molecule has 0 spiro atoms. The van der Waals surface area contributed by atoms with Crippen LogP contribution in [0.2, 0.25) is 0 Å². The van der Waals surface area contributed by atoms with Crippen LogP contribution in [-0.2, 0) is 0 Å². The molecule has 6 heteroatoms. The summed E-state index contributed by atoms with van der Waals surface area (Å²) in [5.74, 6) is 0. The Bertz CT molecular complexity index is 968. The highest BCUT2D eigenvalue weighted by molar-refractivity contribution is 8.59. The van der Waals surface area contributed by atoms with E-state index in [4.69, 9.17) is 22.9 Å². The Morgan fingerprint density at radius 1 is 0.433 bits per heavy atom. The Labute approximate surface area is 188 Å². The third-order valence-electron chi connectivity index (χ3n) is 4.32. The van der Waals surface area contributed by atoms with Gasteiger partial charge in [0.2, 0.25) is 0 Å². The van der Waals surface area contributed by atoms with Gasteiger partial charge in [-0.15, -0.1) is 23.3 Å². The van der Waals surface area contributed by atoms with Crippen LogP contribution in [0.3, 0.4) is 0 Å². The number of thiol groups is 2. The molecule has 4 rings (SSSR count). The van der Waals surface area contributed by atoms with Crippen molar-refractivity contribution in [3.63, 3.8) is 0 Å². The SMILES string of the molecule is Nc1ccc(-c2ccccc2)c(N)c1.Nc1ccc(-c2ccccc2)c(N)c1.SS. The lowest BCUT2D eigenvalue weighted by Gasteiger charge is -2.06. The summed E-state index contributed by atoms with van der Waals surface area (Å²) >= 11 is 6.44. The van der Waals surface area contributed by atoms with Gasteiger partial charge in [-0.25, -0.2) is 0 Å². The largest absolute Gasteiger partial charge is 0.399 e. The van der Waals surface area contributed by atoms with E-state index < -0.39 is 0 Å². The Balaban J connectivity index is 0.000000197. The zero-order valence-corrected chi connectivity index (χ0v) is 18.2. The molecule has 0 unspecified atom stereocenters. The van der Waals surface area contributed by atoms with E-state index in [0.717, 1.165) is 33.6 Å². The van der Waals surface area contributed by atoms with Gasteiger partial charge in [-0.3, -0.25) is 0 Å². The van der Waals surface area contributed by atoms with Crippen molar-refractivity contribution in [3.8, 4) is 22.3 Å². The topological polar surface area (TPSA) is 104 Å². The minimum atomic E-state index is 0.696. The van der Waals surface area contributed by atoms with Crippen molar-refractivity contribution in [2.75, 3.05) is 22.9 Å². The third-order valence-corrected chi connectivity index (χ3v) is 4.32. The zero-order chi connectivity index (χ0) is 21.9. The van der Waals surface area contributed by atoms with Gasteiger partial charge in [-0.05, 0) is 35.4 Å². The summed E-state index contributed by atoms with van der Waals surface area (Å²) < 4.78 is 0. The van der Waals surface area contributed by atoms with Gasteiger partial charge >= 0.3 is 0 Å². The lowest BCUT2D eigenvalue weighted by molar-refractivity contribution is 1.60. The number of hydrogen-bond donors (Lipinski definition) is 6. The van der Waals surface area contributed by atoms with Crippen LogP contribution < -0.4 is 22.9 Å². The van der Waals surface area contributed by atoms with Crippen molar-refractivity contribution in [3.05, 3.63) is 97.1 Å². The number of rotatable bonds is 2. The maximum Gasteiger partial charge on any atom is 0.0414 e. The van der Waals surface area contributed by atoms with Gasteiger partial charge in [0.15, 0.2) is 0 Å². The zero-order valence-electron chi connectivity index (χ0n) is 16.4. The predicted octanol–water partition coefficient (Wildman–Crippen LogP) is 5.80. The quantitative estimate of drug-likeness (QED) is 0.136. The van der Waals surface area contributed by atoms with Gasteiger partial charge < -0.3 is 22.9 Å². The lowest BCUT2D eigenvalue weighted by Crippen LogP contribution is -1.92. The minimum Gasteiger partial charge on any atom is -0.399 e. The molecule has 0 bridgehead atoms. The normalized spacial score (nSPS) is 9.53. The molecule has 0 fully saturated rings. The summed E-state index contributed by atoms with van der Waals surface area (Å²) in [7, 11) is 0. The first-order chi connectivity index (χ1) is 14.5. The Hall–Kier alpha value is -3.22. The molecule has 0 aliphatic rings. The average Bonchev–Trinajstić information content (AvgIpc) is 2.77. The van der Waals surface area contributed by atoms with E-state index in [2.05, 4.69) is 23.3 Å². The van der Waals surface area contributed by atoms with Gasteiger partial charge in [-0.2, -0.15) is 0 Å². The summed E-state index contributed by atoms with van der Waals surface area (Å²) in [6.45, 7) is 0. The van der Waals surface area contributed by atoms with Crippen LogP contribution in [0.4, 0.5) is 22.7 Å². The molecule has 0 aliphatic carbocycles. The predicted molar refractivity (Wildman–Crippen MR) is 139 cm³/mol. The van der Waals surface area contributed by atoms with E-state index in [1.165, 1.54) is 0 Å². The number of anilines is 4. The van der Waals surface area contributed by atoms with E-state index in [1.807, 2.05) is 84.9 Å². The van der Waals surface area contributed by atoms with Crippen molar-refractivity contribution in [1.29, 1.82) is 0 Å². The Morgan fingerprint density at radius 2 is 0.767 bits per heavy atom. The summed E-state index contributed by atoms with van der Waals surface area (Å²) in [4.78, 5) is 0. The van der Waals surface area contributed by atoms with Crippen molar-refractivity contribution in [2.24, 2.45) is 0 Å². The molecule has 30 heavy (non-hydrogen) atoms. The smallest absolute Gasteiger partial charge is 0.0414 e. The van der Waals surface area contributed by atoms with Crippen molar-refractivity contribution < 1.29 is 0 Å². The monoisotopic (exact) mass is 434 g/mol. The van der Waals surface area contributed by atoms with E-state index in [9.17, 15) is 0 Å². The molecule has 0 amide bonds. The summed E-state index contributed by atoms with van der Waals surface area (Å²) in [5, 5.41) is 0.